The Morgan fingerprint density at radius 1 is 0.454 bits per heavy atom. The molecular weight excluding hydrogens is 1480 g/mol. The Labute approximate surface area is 657 Å². The Bertz CT molecular complexity index is 4470. The number of likely N-dealkylation sites (tertiary alicyclic amines) is 2. The molecular formula is C79H97N15O8S6. The zero-order valence-corrected chi connectivity index (χ0v) is 67.6. The van der Waals surface area contributed by atoms with Gasteiger partial charge in [0.1, 0.15) is 17.3 Å². The Balaban J connectivity index is 0.000000173. The number of carbonyl (C=O) groups is 5. The first-order valence-corrected chi connectivity index (χ1v) is 41.4. The second-order valence-electron chi connectivity index (χ2n) is 29.4. The highest BCUT2D eigenvalue weighted by molar-refractivity contribution is 8.01. The summed E-state index contributed by atoms with van der Waals surface area (Å²) in [6.07, 6.45) is 23.1. The average Bonchev–Trinajstić information content (AvgIpc) is 1.29. The quantitative estimate of drug-likeness (QED) is 0.0196. The van der Waals surface area contributed by atoms with Gasteiger partial charge in [0.15, 0.2) is 15.4 Å². The van der Waals surface area contributed by atoms with E-state index in [0.29, 0.717) is 77.6 Å². The minimum atomic E-state index is -0.282. The molecule has 9 aromatic rings. The average molecular weight is 1580 g/mol. The van der Waals surface area contributed by atoms with Crippen LogP contribution in [-0.2, 0) is 54.4 Å². The van der Waals surface area contributed by atoms with Gasteiger partial charge in [-0.25, -0.2) is 29.9 Å². The van der Waals surface area contributed by atoms with Crippen LogP contribution in [0.25, 0.3) is 0 Å². The normalized spacial score (nSPS) is 16.6. The first-order valence-electron chi connectivity index (χ1n) is 36.0. The van der Waals surface area contributed by atoms with Crippen molar-refractivity contribution in [3.8, 4) is 0 Å². The number of thiazole rings is 3. The van der Waals surface area contributed by atoms with Crippen LogP contribution < -0.4 is 37.2 Å². The molecule has 3 aromatic carbocycles. The molecule has 4 atom stereocenters. The summed E-state index contributed by atoms with van der Waals surface area (Å²) in [6, 6.07) is 23.2. The van der Waals surface area contributed by atoms with Crippen molar-refractivity contribution in [3.63, 3.8) is 0 Å². The highest BCUT2D eigenvalue weighted by Crippen LogP contribution is 2.37. The highest BCUT2D eigenvalue weighted by Gasteiger charge is 2.29. The second kappa shape index (κ2) is 38.4. The lowest BCUT2D eigenvalue weighted by Gasteiger charge is -2.33. The molecule has 1 aliphatic carbocycles. The molecule has 1 saturated carbocycles. The van der Waals surface area contributed by atoms with E-state index in [9.17, 15) is 24.0 Å². The van der Waals surface area contributed by atoms with Gasteiger partial charge in [-0.1, -0.05) is 128 Å². The fraction of sp³-hybridized carbons (Fsp3) is 0.405. The molecule has 12 rings (SSSR count). The lowest BCUT2D eigenvalue weighted by molar-refractivity contribution is -0.116. The molecule has 3 fully saturated rings. The number of thioether (sulfide) groups is 3. The molecule has 8 heterocycles. The minimum absolute atomic E-state index is 0.0148. The molecule has 0 radical (unpaired) electrons. The van der Waals surface area contributed by atoms with E-state index < -0.39 is 0 Å². The molecule has 6 aromatic heterocycles. The van der Waals surface area contributed by atoms with Gasteiger partial charge in [-0.15, -0.1) is 35.3 Å². The first kappa shape index (κ1) is 81.5. The SMILES string of the molecule is C=CC(=O)NCc1ccc(C(=O)N2CCC[C@@H](Nc3ncc(SCc4ncc(C(C)(C)C)o4)s3)C2)cc1.C=CC(=O)Nc1ccc(C(=O)N2CCC[C@@H](Nc3ncc(SCc4ncc(C(C)(C)C)o4)s3)C2)cc1.C=CC(=O)Nc1ccc(NC2CCCC(Nc3ncc(SCc4ncc(C(C)(C)C)o4)s3)C2)cc1. The van der Waals surface area contributed by atoms with Gasteiger partial charge in [-0.05, 0) is 136 Å². The van der Waals surface area contributed by atoms with Gasteiger partial charge in [0.05, 0.1) is 67.1 Å². The molecule has 572 valence electrons. The van der Waals surface area contributed by atoms with Crippen molar-refractivity contribution in [2.75, 3.05) is 58.1 Å². The van der Waals surface area contributed by atoms with E-state index in [1.807, 2.05) is 89.3 Å². The summed E-state index contributed by atoms with van der Waals surface area (Å²) < 4.78 is 21.0. The Hall–Kier alpha value is -9.00. The molecule has 2 aliphatic heterocycles. The summed E-state index contributed by atoms with van der Waals surface area (Å²) in [6.45, 7) is 32.5. The number of carbonyl (C=O) groups excluding carboxylic acids is 5. The maximum atomic E-state index is 13.1. The predicted molar refractivity (Wildman–Crippen MR) is 438 cm³/mol. The third-order valence-corrected chi connectivity index (χ3v) is 23.9. The number of nitrogens with one attached hydrogen (secondary N) is 7. The number of nitrogens with zero attached hydrogens (tertiary/aromatic N) is 8. The minimum Gasteiger partial charge on any atom is -0.444 e. The fourth-order valence-corrected chi connectivity index (χ4v) is 17.1. The number of hydrogen-bond acceptors (Lipinski definition) is 24. The van der Waals surface area contributed by atoms with Crippen LogP contribution in [-0.4, -0.2) is 120 Å². The molecule has 2 saturated heterocycles. The number of piperidine rings is 2. The van der Waals surface area contributed by atoms with E-state index in [1.165, 1.54) is 18.2 Å². The Morgan fingerprint density at radius 2 is 0.806 bits per heavy atom. The number of oxazole rings is 3. The van der Waals surface area contributed by atoms with Crippen molar-refractivity contribution >= 4 is 131 Å². The fourth-order valence-electron chi connectivity index (χ4n) is 11.6. The Morgan fingerprint density at radius 3 is 1.19 bits per heavy atom. The van der Waals surface area contributed by atoms with Crippen molar-refractivity contribution in [2.45, 2.75) is 191 Å². The number of anilines is 6. The third-order valence-electron chi connectivity index (χ3n) is 17.6. The molecule has 3 aliphatic rings. The summed E-state index contributed by atoms with van der Waals surface area (Å²) in [5.41, 5.74) is 4.48. The molecule has 2 unspecified atom stereocenters. The molecule has 0 spiro atoms. The molecule has 23 nitrogen and oxygen atoms in total. The summed E-state index contributed by atoms with van der Waals surface area (Å²) >= 11 is 9.90. The van der Waals surface area contributed by atoms with E-state index in [0.717, 1.165) is 133 Å². The number of amides is 5. The van der Waals surface area contributed by atoms with Crippen molar-refractivity contribution in [3.05, 3.63) is 200 Å². The maximum Gasteiger partial charge on any atom is 0.253 e. The molecule has 29 heteroatoms. The highest BCUT2D eigenvalue weighted by atomic mass is 32.2. The van der Waals surface area contributed by atoms with Gasteiger partial charge < -0.3 is 60.3 Å². The van der Waals surface area contributed by atoms with Crippen LogP contribution in [0, 0.1) is 0 Å². The molecule has 5 amide bonds. The van der Waals surface area contributed by atoms with Gasteiger partial charge in [0.2, 0.25) is 35.4 Å². The predicted octanol–water partition coefficient (Wildman–Crippen LogP) is 17.5. The van der Waals surface area contributed by atoms with Crippen LogP contribution in [0.15, 0.2) is 174 Å². The van der Waals surface area contributed by atoms with Crippen LogP contribution in [0.1, 0.15) is 175 Å². The van der Waals surface area contributed by atoms with E-state index in [4.69, 9.17) is 13.3 Å². The number of hydrogen-bond donors (Lipinski definition) is 7. The summed E-state index contributed by atoms with van der Waals surface area (Å²) in [4.78, 5) is 91.0. The number of rotatable bonds is 26. The van der Waals surface area contributed by atoms with Gasteiger partial charge in [0.25, 0.3) is 11.8 Å². The number of aromatic nitrogens is 6. The van der Waals surface area contributed by atoms with Gasteiger partial charge in [0, 0.05) is 101 Å². The first-order chi connectivity index (χ1) is 51.7. The van der Waals surface area contributed by atoms with Crippen LogP contribution in [0.4, 0.5) is 32.5 Å². The van der Waals surface area contributed by atoms with Crippen LogP contribution in [0.3, 0.4) is 0 Å². The van der Waals surface area contributed by atoms with E-state index in [1.54, 1.807) is 99.8 Å². The van der Waals surface area contributed by atoms with Crippen LogP contribution in [0.2, 0.25) is 0 Å². The van der Waals surface area contributed by atoms with Crippen LogP contribution in [0.5, 0.6) is 0 Å². The molecule has 0 bridgehead atoms. The van der Waals surface area contributed by atoms with Crippen molar-refractivity contribution in [1.82, 2.24) is 45.0 Å². The van der Waals surface area contributed by atoms with Gasteiger partial charge in [-0.3, -0.25) is 24.0 Å². The maximum absolute atomic E-state index is 13.1. The second-order valence-corrected chi connectivity index (χ2v) is 36.3. The van der Waals surface area contributed by atoms with E-state index in [2.05, 4.69) is 149 Å². The summed E-state index contributed by atoms with van der Waals surface area (Å²) in [5.74, 6) is 6.17. The largest absolute Gasteiger partial charge is 0.444 e. The van der Waals surface area contributed by atoms with Gasteiger partial charge in [-0.2, -0.15) is 0 Å². The lowest BCUT2D eigenvalue weighted by atomic mass is 9.91. The van der Waals surface area contributed by atoms with E-state index in [-0.39, 0.29) is 57.9 Å². The van der Waals surface area contributed by atoms with Crippen molar-refractivity contribution < 1.29 is 37.2 Å². The lowest BCUT2D eigenvalue weighted by Crippen LogP contribution is -2.45. The summed E-state index contributed by atoms with van der Waals surface area (Å²) in [7, 11) is 0. The van der Waals surface area contributed by atoms with Crippen molar-refractivity contribution in [1.29, 1.82) is 0 Å². The Kier molecular flexibility index (Phi) is 29.0. The smallest absolute Gasteiger partial charge is 0.253 e. The monoisotopic (exact) mass is 1580 g/mol. The van der Waals surface area contributed by atoms with Crippen LogP contribution >= 0.6 is 69.3 Å². The third kappa shape index (κ3) is 25.0. The van der Waals surface area contributed by atoms with E-state index >= 15 is 0 Å². The number of benzene rings is 3. The van der Waals surface area contributed by atoms with Gasteiger partial charge >= 0.3 is 0 Å². The molecule has 7 N–H and O–H groups in total. The summed E-state index contributed by atoms with van der Waals surface area (Å²) in [5, 5.41) is 25.2. The topological polar surface area (TPSA) is 293 Å². The zero-order valence-electron chi connectivity index (χ0n) is 62.7. The zero-order chi connectivity index (χ0) is 77.0. The van der Waals surface area contributed by atoms with Crippen molar-refractivity contribution in [2.24, 2.45) is 0 Å². The molecule has 108 heavy (non-hydrogen) atoms. The standard InChI is InChI=1S/C27H33N5O3S2.C26H31N5O3S2.C26H33N5O2S2/c1-5-22(33)28-13-18-8-10-19(11-9-18)25(34)32-12-6-7-20(16-32)31-26-30-15-24(37-26)36-17-23-29-14-21(35-23)27(2,3)4;1-5-21(32)29-18-10-8-17(9-11-18)24(33)31-12-6-7-19(15-31)30-25-28-14-23(36-25)35-16-22-27-13-20(34-22)26(2,3)4;1-5-22(32)30-18-11-9-17(10-12-18)29-19-7-6-8-20(13-19)31-25-28-15-24(35-25)34-16-23-27-14-21(33-23)26(2,3)4/h5,8-11,14-15,20H,1,6-7,12-13,16-17H2,2-4H3,(H,28,33)(H,30,31);5,8-11,13-14,19H,1,6-7,12,15-16H2,2-4H3,(H,28,30)(H,29,32);5,9-12,14-15,19-20,29H,1,6-8,13,16H2,2-4H3,(H,28,31)(H,30,32)/t20-;19-;/m11./s1.